The summed E-state index contributed by atoms with van der Waals surface area (Å²) in [6, 6.07) is 8.33. The van der Waals surface area contributed by atoms with Crippen molar-refractivity contribution in [1.82, 2.24) is 25.0 Å². The minimum Gasteiger partial charge on any atom is -0.384 e. The van der Waals surface area contributed by atoms with E-state index < -0.39 is 23.2 Å². The van der Waals surface area contributed by atoms with Crippen LogP contribution in [0.15, 0.2) is 42.6 Å². The first-order valence-corrected chi connectivity index (χ1v) is 16.0. The second-order valence-corrected chi connectivity index (χ2v) is 13.4. The molecule has 4 aliphatic rings. The van der Waals surface area contributed by atoms with Crippen LogP contribution in [0.5, 0.6) is 0 Å². The van der Waals surface area contributed by atoms with Crippen LogP contribution in [0.2, 0.25) is 0 Å². The van der Waals surface area contributed by atoms with Crippen LogP contribution >= 0.6 is 0 Å². The van der Waals surface area contributed by atoms with E-state index in [4.69, 9.17) is 0 Å². The van der Waals surface area contributed by atoms with E-state index in [1.165, 1.54) is 12.1 Å². The number of halogens is 3. The highest BCUT2D eigenvalue weighted by atomic mass is 19.4. The van der Waals surface area contributed by atoms with Crippen LogP contribution in [-0.2, 0) is 21.4 Å². The predicted octanol–water partition coefficient (Wildman–Crippen LogP) is 2.86. The molecule has 1 atom stereocenters. The molecule has 2 aromatic rings. The summed E-state index contributed by atoms with van der Waals surface area (Å²) in [5.41, 5.74) is -0.503. The second-order valence-electron chi connectivity index (χ2n) is 13.4. The van der Waals surface area contributed by atoms with Crippen molar-refractivity contribution in [3.05, 3.63) is 59.4 Å². The summed E-state index contributed by atoms with van der Waals surface area (Å²) < 4.78 is 39.0. The van der Waals surface area contributed by atoms with Crippen LogP contribution in [0.4, 0.5) is 18.9 Å². The molecule has 1 aromatic carbocycles. The van der Waals surface area contributed by atoms with Gasteiger partial charge in [0.2, 0.25) is 11.8 Å². The molecule has 6 rings (SSSR count). The number of amides is 3. The summed E-state index contributed by atoms with van der Waals surface area (Å²) in [7, 11) is 1.81. The number of carbonyl (C=O) groups is 3. The van der Waals surface area contributed by atoms with Crippen molar-refractivity contribution < 1.29 is 32.7 Å². The summed E-state index contributed by atoms with van der Waals surface area (Å²) in [5, 5.41) is 14.0. The number of aliphatic hydroxyl groups is 1. The molecule has 46 heavy (non-hydrogen) atoms. The molecule has 1 saturated carbocycles. The molecule has 4 fully saturated rings. The third-order valence-corrected chi connectivity index (χ3v) is 10.5. The Bertz CT molecular complexity index is 1460. The molecule has 13 heteroatoms. The molecular weight excluding hydrogens is 601 g/mol. The zero-order chi connectivity index (χ0) is 32.7. The first-order chi connectivity index (χ1) is 21.8. The molecule has 10 nitrogen and oxygen atoms in total. The summed E-state index contributed by atoms with van der Waals surface area (Å²) in [4.78, 5) is 50.1. The summed E-state index contributed by atoms with van der Waals surface area (Å²) in [6.07, 6.45) is 1.93. The van der Waals surface area contributed by atoms with E-state index >= 15 is 0 Å². The zero-order valence-electron chi connectivity index (χ0n) is 26.1. The van der Waals surface area contributed by atoms with Gasteiger partial charge in [0.1, 0.15) is 5.60 Å². The fraction of sp³-hybridized carbons (Fsp3) is 0.576. The maximum absolute atomic E-state index is 13.0. The number of nitrogens with zero attached hydrogens (tertiary/aromatic N) is 5. The number of aromatic nitrogens is 1. The number of likely N-dealkylation sites (N-methyl/N-ethyl adjacent to an activating group) is 1. The van der Waals surface area contributed by atoms with Gasteiger partial charge in [-0.3, -0.25) is 24.3 Å². The Morgan fingerprint density at radius 1 is 1.02 bits per heavy atom. The second kappa shape index (κ2) is 12.5. The molecule has 1 spiro atoms. The Balaban J connectivity index is 0.970. The number of pyridine rings is 1. The number of likely N-dealkylation sites (tertiary alicyclic amines) is 2. The van der Waals surface area contributed by atoms with Crippen molar-refractivity contribution in [2.24, 2.45) is 5.41 Å². The highest BCUT2D eigenvalue weighted by Crippen LogP contribution is 2.44. The van der Waals surface area contributed by atoms with Gasteiger partial charge in [-0.2, -0.15) is 13.2 Å². The molecular formula is C33H41F3N6O4. The molecule has 0 unspecified atom stereocenters. The third kappa shape index (κ3) is 6.71. The first-order valence-electron chi connectivity index (χ1n) is 16.0. The monoisotopic (exact) mass is 642 g/mol. The Morgan fingerprint density at radius 3 is 2.48 bits per heavy atom. The van der Waals surface area contributed by atoms with E-state index in [0.29, 0.717) is 50.8 Å². The van der Waals surface area contributed by atoms with Crippen LogP contribution in [0.25, 0.3) is 0 Å². The lowest BCUT2D eigenvalue weighted by atomic mass is 9.79. The molecule has 4 heterocycles. The predicted molar refractivity (Wildman–Crippen MR) is 164 cm³/mol. The normalized spacial score (nSPS) is 27.5. The van der Waals surface area contributed by atoms with Crippen molar-refractivity contribution in [3.8, 4) is 0 Å². The van der Waals surface area contributed by atoms with Crippen molar-refractivity contribution in [2.75, 3.05) is 64.3 Å². The lowest BCUT2D eigenvalue weighted by Crippen LogP contribution is -2.48. The van der Waals surface area contributed by atoms with E-state index in [1.807, 2.05) is 17.0 Å². The van der Waals surface area contributed by atoms with Crippen molar-refractivity contribution in [2.45, 2.75) is 56.3 Å². The lowest BCUT2D eigenvalue weighted by molar-refractivity contribution is -0.137. The fourth-order valence-electron chi connectivity index (χ4n) is 7.50. The van der Waals surface area contributed by atoms with Gasteiger partial charge in [0.25, 0.3) is 5.91 Å². The SMILES string of the molecule is CN1CCN(c2ccc(C3(O)CCC(N4CC[C@]5(CCN(C(=O)CNC(=O)c6cccc(C(F)(F)F)c6)C5)C4)CC3)nc2)CC1=O. The Hall–Kier alpha value is -3.71. The van der Waals surface area contributed by atoms with Gasteiger partial charge >= 0.3 is 6.18 Å². The Labute approximate surface area is 266 Å². The summed E-state index contributed by atoms with van der Waals surface area (Å²) in [6.45, 7) is 4.45. The van der Waals surface area contributed by atoms with Gasteiger partial charge in [-0.15, -0.1) is 0 Å². The molecule has 1 aromatic heterocycles. The van der Waals surface area contributed by atoms with E-state index in [-0.39, 0.29) is 29.3 Å². The van der Waals surface area contributed by atoms with Crippen molar-refractivity contribution in [1.29, 1.82) is 0 Å². The number of nitrogens with one attached hydrogen (secondary N) is 1. The van der Waals surface area contributed by atoms with E-state index in [0.717, 1.165) is 63.1 Å². The van der Waals surface area contributed by atoms with E-state index in [1.54, 1.807) is 23.0 Å². The number of piperazine rings is 1. The number of carbonyl (C=O) groups excluding carboxylic acids is 3. The van der Waals surface area contributed by atoms with Crippen molar-refractivity contribution >= 4 is 23.4 Å². The standard InChI is InChI=1S/C33H41F3N6O4/c1-39-15-16-40(20-29(39)44)26-5-6-27(37-18-26)32(46)9-7-25(8-10-32)41-13-11-31(21-41)12-14-42(22-31)28(43)19-38-30(45)23-3-2-4-24(17-23)33(34,35)36/h2-6,17-18,25,46H,7-16,19-22H2,1H3,(H,38,45)/t25?,31-,32?/m0/s1. The van der Waals surface area contributed by atoms with Crippen LogP contribution in [-0.4, -0.2) is 108 Å². The molecule has 248 valence electrons. The van der Waals surface area contributed by atoms with Crippen LogP contribution < -0.4 is 10.2 Å². The topological polar surface area (TPSA) is 109 Å². The largest absolute Gasteiger partial charge is 0.416 e. The Morgan fingerprint density at radius 2 is 1.78 bits per heavy atom. The highest BCUT2D eigenvalue weighted by Gasteiger charge is 2.47. The number of hydrogen-bond acceptors (Lipinski definition) is 7. The van der Waals surface area contributed by atoms with Gasteiger partial charge in [-0.05, 0) is 75.4 Å². The van der Waals surface area contributed by atoms with Crippen LogP contribution in [0.1, 0.15) is 60.1 Å². The number of anilines is 1. The van der Waals surface area contributed by atoms with Crippen molar-refractivity contribution in [3.63, 3.8) is 0 Å². The number of hydrogen-bond donors (Lipinski definition) is 2. The zero-order valence-corrected chi connectivity index (χ0v) is 26.1. The number of benzene rings is 1. The summed E-state index contributed by atoms with van der Waals surface area (Å²) in [5.74, 6) is -0.875. The minimum absolute atomic E-state index is 0.0174. The average Bonchev–Trinajstić information content (AvgIpc) is 3.67. The van der Waals surface area contributed by atoms with Gasteiger partial charge in [0.15, 0.2) is 0 Å². The molecule has 3 aliphatic heterocycles. The minimum atomic E-state index is -4.55. The first kappa shape index (κ1) is 32.2. The molecule has 3 amide bonds. The van der Waals surface area contributed by atoms with Gasteiger partial charge in [0, 0.05) is 56.8 Å². The van der Waals surface area contributed by atoms with Gasteiger partial charge < -0.3 is 25.1 Å². The number of alkyl halides is 3. The van der Waals surface area contributed by atoms with Gasteiger partial charge in [-0.1, -0.05) is 6.07 Å². The molecule has 2 N–H and O–H groups in total. The fourth-order valence-corrected chi connectivity index (χ4v) is 7.50. The van der Waals surface area contributed by atoms with Gasteiger partial charge in [-0.25, -0.2) is 0 Å². The van der Waals surface area contributed by atoms with Gasteiger partial charge in [0.05, 0.1) is 36.2 Å². The lowest BCUT2D eigenvalue weighted by Gasteiger charge is -2.40. The maximum atomic E-state index is 13.0. The third-order valence-electron chi connectivity index (χ3n) is 10.5. The van der Waals surface area contributed by atoms with Crippen LogP contribution in [0.3, 0.4) is 0 Å². The molecule has 0 bridgehead atoms. The maximum Gasteiger partial charge on any atom is 0.416 e. The molecule has 0 radical (unpaired) electrons. The summed E-state index contributed by atoms with van der Waals surface area (Å²) >= 11 is 0. The van der Waals surface area contributed by atoms with E-state index in [2.05, 4.69) is 15.2 Å². The average molecular weight is 643 g/mol. The van der Waals surface area contributed by atoms with Crippen LogP contribution in [0, 0.1) is 5.41 Å². The van der Waals surface area contributed by atoms with E-state index in [9.17, 15) is 32.7 Å². The molecule has 3 saturated heterocycles. The molecule has 1 aliphatic carbocycles. The Kier molecular flexibility index (Phi) is 8.75. The smallest absolute Gasteiger partial charge is 0.384 e. The quantitative estimate of drug-likeness (QED) is 0.499. The number of rotatable bonds is 6. The highest BCUT2D eigenvalue weighted by molar-refractivity contribution is 5.96.